The maximum atomic E-state index is 11.9. The van der Waals surface area contributed by atoms with Gasteiger partial charge in [-0.25, -0.2) is 4.79 Å². The number of likely N-dealkylation sites (N-methyl/N-ethyl adjacent to an activating group) is 1. The third-order valence-corrected chi connectivity index (χ3v) is 4.30. The first-order valence-electron chi connectivity index (χ1n) is 6.98. The zero-order chi connectivity index (χ0) is 14.0. The van der Waals surface area contributed by atoms with Crippen molar-refractivity contribution in [3.63, 3.8) is 0 Å². The van der Waals surface area contributed by atoms with Gasteiger partial charge in [-0.3, -0.25) is 15.0 Å². The highest BCUT2D eigenvalue weighted by molar-refractivity contribution is 6.06. The second-order valence-corrected chi connectivity index (χ2v) is 5.38. The summed E-state index contributed by atoms with van der Waals surface area (Å²) in [5.74, 6) is -0.205. The van der Waals surface area contributed by atoms with Crippen molar-refractivity contribution in [2.75, 3.05) is 32.8 Å². The molecule has 0 aromatic rings. The van der Waals surface area contributed by atoms with Crippen molar-refractivity contribution in [1.29, 1.82) is 0 Å². The smallest absolute Gasteiger partial charge is 0.325 e. The SMILES string of the molecule is CCN1CCOC(CN2C(=O)NC(=O)C2(C)CC)C1. The summed E-state index contributed by atoms with van der Waals surface area (Å²) < 4.78 is 5.72. The lowest BCUT2D eigenvalue weighted by Gasteiger charge is -2.37. The summed E-state index contributed by atoms with van der Waals surface area (Å²) in [6.45, 7) is 9.74. The molecule has 2 saturated heterocycles. The average molecular weight is 269 g/mol. The lowest BCUT2D eigenvalue weighted by atomic mass is 9.97. The van der Waals surface area contributed by atoms with Crippen molar-refractivity contribution in [2.24, 2.45) is 0 Å². The zero-order valence-electron chi connectivity index (χ0n) is 11.9. The van der Waals surface area contributed by atoms with Crippen molar-refractivity contribution in [1.82, 2.24) is 15.1 Å². The van der Waals surface area contributed by atoms with Crippen LogP contribution in [0.3, 0.4) is 0 Å². The highest BCUT2D eigenvalue weighted by atomic mass is 16.5. The third-order valence-electron chi connectivity index (χ3n) is 4.30. The molecule has 2 aliphatic heterocycles. The lowest BCUT2D eigenvalue weighted by molar-refractivity contribution is -0.127. The molecule has 108 valence electrons. The van der Waals surface area contributed by atoms with Gasteiger partial charge < -0.3 is 9.64 Å². The molecule has 1 N–H and O–H groups in total. The van der Waals surface area contributed by atoms with Crippen molar-refractivity contribution in [3.8, 4) is 0 Å². The van der Waals surface area contributed by atoms with Gasteiger partial charge in [0.2, 0.25) is 0 Å². The van der Waals surface area contributed by atoms with Gasteiger partial charge in [-0.1, -0.05) is 13.8 Å². The number of hydrogen-bond acceptors (Lipinski definition) is 4. The first-order chi connectivity index (χ1) is 9.01. The normalized spacial score (nSPS) is 32.8. The fourth-order valence-electron chi connectivity index (χ4n) is 2.66. The third kappa shape index (κ3) is 2.60. The maximum absolute atomic E-state index is 11.9. The molecule has 0 radical (unpaired) electrons. The van der Waals surface area contributed by atoms with E-state index in [1.165, 1.54) is 0 Å². The summed E-state index contributed by atoms with van der Waals surface area (Å²) in [5, 5.41) is 2.40. The molecule has 6 nitrogen and oxygen atoms in total. The summed E-state index contributed by atoms with van der Waals surface area (Å²) >= 11 is 0. The Hall–Kier alpha value is -1.14. The Morgan fingerprint density at radius 2 is 2.16 bits per heavy atom. The highest BCUT2D eigenvalue weighted by Gasteiger charge is 2.48. The van der Waals surface area contributed by atoms with Crippen LogP contribution in [0.4, 0.5) is 4.79 Å². The second-order valence-electron chi connectivity index (χ2n) is 5.38. The number of imide groups is 1. The molecule has 2 heterocycles. The van der Waals surface area contributed by atoms with Crippen molar-refractivity contribution < 1.29 is 14.3 Å². The number of carbonyl (C=O) groups is 2. The molecule has 0 aliphatic carbocycles. The van der Waals surface area contributed by atoms with Crippen LogP contribution in [0.15, 0.2) is 0 Å². The molecule has 2 rings (SSSR count). The Kier molecular flexibility index (Phi) is 4.10. The number of amides is 3. The summed E-state index contributed by atoms with van der Waals surface area (Å²) in [6.07, 6.45) is 0.589. The number of nitrogens with zero attached hydrogens (tertiary/aromatic N) is 2. The van der Waals surface area contributed by atoms with Crippen LogP contribution in [-0.4, -0.2) is 66.2 Å². The molecule has 19 heavy (non-hydrogen) atoms. The second kappa shape index (κ2) is 5.46. The minimum absolute atomic E-state index is 0.0174. The van der Waals surface area contributed by atoms with Gasteiger partial charge in [0.15, 0.2) is 0 Å². The van der Waals surface area contributed by atoms with Crippen LogP contribution in [0.25, 0.3) is 0 Å². The van der Waals surface area contributed by atoms with E-state index in [2.05, 4.69) is 17.1 Å². The number of hydrogen-bond donors (Lipinski definition) is 1. The number of carbonyl (C=O) groups excluding carboxylic acids is 2. The average Bonchev–Trinajstić information content (AvgIpc) is 2.63. The Bertz CT molecular complexity index is 374. The summed E-state index contributed by atoms with van der Waals surface area (Å²) in [5.41, 5.74) is -0.741. The number of ether oxygens (including phenoxy) is 1. The first-order valence-corrected chi connectivity index (χ1v) is 6.98. The lowest BCUT2D eigenvalue weighted by Crippen LogP contribution is -2.53. The molecule has 0 saturated carbocycles. The van der Waals surface area contributed by atoms with E-state index in [9.17, 15) is 9.59 Å². The van der Waals surface area contributed by atoms with Gasteiger partial charge in [0.25, 0.3) is 5.91 Å². The van der Waals surface area contributed by atoms with Gasteiger partial charge >= 0.3 is 6.03 Å². The van der Waals surface area contributed by atoms with E-state index in [4.69, 9.17) is 4.74 Å². The molecule has 3 amide bonds. The Balaban J connectivity index is 2.04. The molecular weight excluding hydrogens is 246 g/mol. The van der Waals surface area contributed by atoms with Gasteiger partial charge in [0, 0.05) is 13.1 Å². The molecule has 0 aromatic carbocycles. The monoisotopic (exact) mass is 269 g/mol. The van der Waals surface area contributed by atoms with E-state index in [0.29, 0.717) is 19.6 Å². The topological polar surface area (TPSA) is 61.9 Å². The Morgan fingerprint density at radius 1 is 1.42 bits per heavy atom. The van der Waals surface area contributed by atoms with E-state index in [1.807, 2.05) is 13.8 Å². The zero-order valence-corrected chi connectivity index (χ0v) is 11.9. The fraction of sp³-hybridized carbons (Fsp3) is 0.846. The minimum atomic E-state index is -0.741. The van der Waals surface area contributed by atoms with E-state index in [1.54, 1.807) is 4.90 Å². The van der Waals surface area contributed by atoms with Crippen LogP contribution >= 0.6 is 0 Å². The van der Waals surface area contributed by atoms with Crippen molar-refractivity contribution >= 4 is 11.9 Å². The number of morpholine rings is 1. The minimum Gasteiger partial charge on any atom is -0.374 e. The van der Waals surface area contributed by atoms with E-state index in [-0.39, 0.29) is 18.0 Å². The fourth-order valence-corrected chi connectivity index (χ4v) is 2.66. The summed E-state index contributed by atoms with van der Waals surface area (Å²) in [6, 6.07) is -0.299. The molecule has 6 heteroatoms. The Labute approximate surface area is 114 Å². The van der Waals surface area contributed by atoms with Crippen LogP contribution in [0.5, 0.6) is 0 Å². The summed E-state index contributed by atoms with van der Waals surface area (Å²) in [4.78, 5) is 27.7. The number of rotatable bonds is 4. The molecule has 0 spiro atoms. The van der Waals surface area contributed by atoms with Crippen LogP contribution in [0.2, 0.25) is 0 Å². The summed E-state index contributed by atoms with van der Waals surface area (Å²) in [7, 11) is 0. The molecule has 0 bridgehead atoms. The molecular formula is C13H23N3O3. The van der Waals surface area contributed by atoms with Crippen LogP contribution in [0.1, 0.15) is 27.2 Å². The highest BCUT2D eigenvalue weighted by Crippen LogP contribution is 2.26. The predicted molar refractivity (Wildman–Crippen MR) is 70.8 cm³/mol. The molecule has 0 aromatic heterocycles. The van der Waals surface area contributed by atoms with Crippen LogP contribution in [-0.2, 0) is 9.53 Å². The maximum Gasteiger partial charge on any atom is 0.325 e. The quantitative estimate of drug-likeness (QED) is 0.752. The van der Waals surface area contributed by atoms with E-state index >= 15 is 0 Å². The van der Waals surface area contributed by atoms with E-state index < -0.39 is 5.54 Å². The number of nitrogens with one attached hydrogen (secondary N) is 1. The predicted octanol–water partition coefficient (Wildman–Crippen LogP) is 0.428. The standard InChI is InChI=1S/C13H23N3O3/c1-4-13(3)11(17)14-12(18)16(13)9-10-8-15(5-2)6-7-19-10/h10H,4-9H2,1-3H3,(H,14,17,18). The van der Waals surface area contributed by atoms with Gasteiger partial charge in [-0.05, 0) is 19.9 Å². The molecule has 2 unspecified atom stereocenters. The molecule has 2 fully saturated rings. The molecule has 2 atom stereocenters. The largest absolute Gasteiger partial charge is 0.374 e. The number of urea groups is 1. The van der Waals surface area contributed by atoms with Crippen LogP contribution in [0, 0.1) is 0 Å². The van der Waals surface area contributed by atoms with Gasteiger partial charge in [-0.2, -0.15) is 0 Å². The van der Waals surface area contributed by atoms with Gasteiger partial charge in [0.05, 0.1) is 19.3 Å². The van der Waals surface area contributed by atoms with Crippen LogP contribution < -0.4 is 5.32 Å². The van der Waals surface area contributed by atoms with E-state index in [0.717, 1.165) is 19.6 Å². The van der Waals surface area contributed by atoms with Gasteiger partial charge in [-0.15, -0.1) is 0 Å². The molecule has 2 aliphatic rings. The first kappa shape index (κ1) is 14.3. The van der Waals surface area contributed by atoms with Crippen molar-refractivity contribution in [2.45, 2.75) is 38.8 Å². The van der Waals surface area contributed by atoms with Crippen molar-refractivity contribution in [3.05, 3.63) is 0 Å². The Morgan fingerprint density at radius 3 is 2.79 bits per heavy atom. The van der Waals surface area contributed by atoms with Gasteiger partial charge in [0.1, 0.15) is 5.54 Å².